The van der Waals surface area contributed by atoms with Gasteiger partial charge in [-0.15, -0.1) is 0 Å². The number of amides is 1. The fourth-order valence-corrected chi connectivity index (χ4v) is 2.10. The molecule has 2 aromatic carbocycles. The zero-order valence-electron chi connectivity index (χ0n) is 14.4. The molecular weight excluding hydrogens is 354 g/mol. The smallest absolute Gasteiger partial charge is 0.339 e. The van der Waals surface area contributed by atoms with Gasteiger partial charge in [-0.1, -0.05) is 6.07 Å². The number of ether oxygens (including phenoxy) is 1. The summed E-state index contributed by atoms with van der Waals surface area (Å²) < 4.78 is 5.05. The molecule has 138 valence electrons. The topological polar surface area (TPSA) is 143 Å². The Balaban J connectivity index is 2.09. The number of phenols is 1. The van der Waals surface area contributed by atoms with Crippen LogP contribution >= 0.6 is 0 Å². The van der Waals surface area contributed by atoms with E-state index in [0.29, 0.717) is 5.56 Å². The van der Waals surface area contributed by atoms with E-state index < -0.39 is 22.9 Å². The van der Waals surface area contributed by atoms with Crippen LogP contribution in [0.1, 0.15) is 28.4 Å². The summed E-state index contributed by atoms with van der Waals surface area (Å²) >= 11 is 0. The Morgan fingerprint density at radius 3 is 2.59 bits per heavy atom. The number of nitro benzene ring substituents is 1. The number of anilines is 1. The number of non-ortho nitro benzene ring substituents is 1. The predicted molar refractivity (Wildman–Crippen MR) is 94.2 cm³/mol. The number of carbonyl (C=O) groups excluding carboxylic acids is 2. The number of aromatic hydroxyl groups is 1. The lowest BCUT2D eigenvalue weighted by molar-refractivity contribution is -0.384. The van der Waals surface area contributed by atoms with Crippen LogP contribution in [0.25, 0.3) is 0 Å². The number of nitrogens with zero attached hydrogens (tertiary/aromatic N) is 2. The normalized spacial score (nSPS) is 11.1. The van der Waals surface area contributed by atoms with Gasteiger partial charge in [0.2, 0.25) is 0 Å². The first-order chi connectivity index (χ1) is 12.7. The minimum atomic E-state index is -1.21. The maximum atomic E-state index is 12.2. The highest BCUT2D eigenvalue weighted by atomic mass is 16.6. The fourth-order valence-electron chi connectivity index (χ4n) is 2.10. The van der Waals surface area contributed by atoms with Crippen molar-refractivity contribution in [2.75, 3.05) is 5.32 Å². The van der Waals surface area contributed by atoms with Crippen LogP contribution in [0.2, 0.25) is 0 Å². The van der Waals surface area contributed by atoms with Gasteiger partial charge in [0.1, 0.15) is 11.8 Å². The third-order valence-corrected chi connectivity index (χ3v) is 3.69. The van der Waals surface area contributed by atoms with E-state index >= 15 is 0 Å². The van der Waals surface area contributed by atoms with E-state index in [1.165, 1.54) is 31.2 Å². The molecule has 27 heavy (non-hydrogen) atoms. The van der Waals surface area contributed by atoms with Gasteiger partial charge in [-0.3, -0.25) is 14.9 Å². The van der Waals surface area contributed by atoms with Crippen LogP contribution in [-0.2, 0) is 9.53 Å². The van der Waals surface area contributed by atoms with Gasteiger partial charge in [-0.05, 0) is 37.6 Å². The summed E-state index contributed by atoms with van der Waals surface area (Å²) in [5.41, 5.74) is 0.331. The molecule has 9 nitrogen and oxygen atoms in total. The van der Waals surface area contributed by atoms with Crippen LogP contribution in [0.3, 0.4) is 0 Å². The number of rotatable bonds is 5. The van der Waals surface area contributed by atoms with Crippen molar-refractivity contribution in [3.63, 3.8) is 0 Å². The number of hydrogen-bond donors (Lipinski definition) is 2. The lowest BCUT2D eigenvalue weighted by Crippen LogP contribution is -2.30. The van der Waals surface area contributed by atoms with Gasteiger partial charge in [-0.2, -0.15) is 5.26 Å². The molecule has 0 aromatic heterocycles. The second-order valence-corrected chi connectivity index (χ2v) is 5.64. The highest BCUT2D eigenvalue weighted by Gasteiger charge is 2.21. The average molecular weight is 369 g/mol. The molecular formula is C18H15N3O6. The zero-order chi connectivity index (χ0) is 20.1. The van der Waals surface area contributed by atoms with Crippen LogP contribution in [-0.4, -0.2) is 28.0 Å². The van der Waals surface area contributed by atoms with E-state index in [1.807, 2.05) is 0 Å². The molecule has 0 aliphatic rings. The number of esters is 1. The maximum absolute atomic E-state index is 12.2. The zero-order valence-corrected chi connectivity index (χ0v) is 14.4. The largest absolute Gasteiger partial charge is 0.508 e. The molecule has 0 saturated heterocycles. The molecule has 2 aromatic rings. The first-order valence-electron chi connectivity index (χ1n) is 7.73. The number of nitrogens with one attached hydrogen (secondary N) is 1. The van der Waals surface area contributed by atoms with Crippen LogP contribution in [0.4, 0.5) is 11.4 Å². The predicted octanol–water partition coefficient (Wildman–Crippen LogP) is 2.66. The molecule has 0 unspecified atom stereocenters. The van der Waals surface area contributed by atoms with E-state index in [1.54, 1.807) is 13.0 Å². The summed E-state index contributed by atoms with van der Waals surface area (Å²) in [4.78, 5) is 34.4. The standard InChI is InChI=1S/C18H15N3O6/c1-10-3-4-12(8-16(10)22)18(24)27-11(2)17(23)20-15-6-5-14(21(25)26)7-13(15)9-19/h3-8,11,22H,1-2H3,(H,20,23)/t11-/m1/s1. The lowest BCUT2D eigenvalue weighted by atomic mass is 10.1. The van der Waals surface area contributed by atoms with Gasteiger partial charge in [0.25, 0.3) is 11.6 Å². The molecule has 1 atom stereocenters. The molecule has 0 aliphatic heterocycles. The van der Waals surface area contributed by atoms with Crippen LogP contribution < -0.4 is 5.32 Å². The number of aryl methyl sites for hydroxylation is 1. The molecule has 2 N–H and O–H groups in total. The molecule has 0 bridgehead atoms. The molecule has 0 spiro atoms. The summed E-state index contributed by atoms with van der Waals surface area (Å²) in [5, 5.41) is 31.9. The summed E-state index contributed by atoms with van der Waals surface area (Å²) in [6.45, 7) is 3.00. The highest BCUT2D eigenvalue weighted by Crippen LogP contribution is 2.22. The van der Waals surface area contributed by atoms with E-state index in [-0.39, 0.29) is 28.3 Å². The SMILES string of the molecule is Cc1ccc(C(=O)O[C@H](C)C(=O)Nc2ccc([N+](=O)[O-])cc2C#N)cc1O. The van der Waals surface area contributed by atoms with Gasteiger partial charge < -0.3 is 15.2 Å². The Bertz CT molecular complexity index is 964. The van der Waals surface area contributed by atoms with Crippen molar-refractivity contribution in [1.82, 2.24) is 0 Å². The Kier molecular flexibility index (Phi) is 5.72. The molecule has 2 rings (SSSR count). The van der Waals surface area contributed by atoms with Crippen molar-refractivity contribution in [2.24, 2.45) is 0 Å². The number of carbonyl (C=O) groups is 2. The van der Waals surface area contributed by atoms with Gasteiger partial charge in [0, 0.05) is 12.1 Å². The van der Waals surface area contributed by atoms with E-state index in [2.05, 4.69) is 5.32 Å². The van der Waals surface area contributed by atoms with Crippen LogP contribution in [0.5, 0.6) is 5.75 Å². The molecule has 0 fully saturated rings. The highest BCUT2D eigenvalue weighted by molar-refractivity contribution is 5.98. The first-order valence-corrected chi connectivity index (χ1v) is 7.73. The molecule has 9 heteroatoms. The number of nitro groups is 1. The Morgan fingerprint density at radius 2 is 2.00 bits per heavy atom. The van der Waals surface area contributed by atoms with Gasteiger partial charge >= 0.3 is 5.97 Å². The first kappa shape index (κ1) is 19.4. The number of hydrogen-bond acceptors (Lipinski definition) is 7. The average Bonchev–Trinajstić information content (AvgIpc) is 2.63. The van der Waals surface area contributed by atoms with E-state index in [4.69, 9.17) is 10.00 Å². The number of nitriles is 1. The maximum Gasteiger partial charge on any atom is 0.339 e. The second-order valence-electron chi connectivity index (χ2n) is 5.64. The minimum Gasteiger partial charge on any atom is -0.508 e. The van der Waals surface area contributed by atoms with Crippen molar-refractivity contribution in [2.45, 2.75) is 20.0 Å². The van der Waals surface area contributed by atoms with Gasteiger partial charge in [-0.25, -0.2) is 4.79 Å². The molecule has 0 saturated carbocycles. The van der Waals surface area contributed by atoms with E-state index in [9.17, 15) is 24.8 Å². The molecule has 0 aliphatic carbocycles. The van der Waals surface area contributed by atoms with Crippen molar-refractivity contribution >= 4 is 23.3 Å². The third kappa shape index (κ3) is 4.58. The van der Waals surface area contributed by atoms with Crippen molar-refractivity contribution in [1.29, 1.82) is 5.26 Å². The van der Waals surface area contributed by atoms with E-state index in [0.717, 1.165) is 12.1 Å². The molecule has 0 radical (unpaired) electrons. The number of benzene rings is 2. The monoisotopic (exact) mass is 369 g/mol. The lowest BCUT2D eigenvalue weighted by Gasteiger charge is -2.14. The van der Waals surface area contributed by atoms with Crippen molar-refractivity contribution < 1.29 is 24.4 Å². The van der Waals surface area contributed by atoms with Crippen LogP contribution in [0, 0.1) is 28.4 Å². The molecule has 1 amide bonds. The van der Waals surface area contributed by atoms with Crippen molar-refractivity contribution in [3.8, 4) is 11.8 Å². The van der Waals surface area contributed by atoms with Gasteiger partial charge in [0.05, 0.1) is 21.7 Å². The Labute approximate surface area is 154 Å². The summed E-state index contributed by atoms with van der Waals surface area (Å²) in [6.07, 6.45) is -1.21. The minimum absolute atomic E-state index is 0.0592. The Hall–Kier alpha value is -3.93. The second kappa shape index (κ2) is 7.97. The quantitative estimate of drug-likeness (QED) is 0.468. The summed E-state index contributed by atoms with van der Waals surface area (Å²) in [6, 6.07) is 9.37. The molecule has 0 heterocycles. The summed E-state index contributed by atoms with van der Waals surface area (Å²) in [5.74, 6) is -1.60. The fraction of sp³-hybridized carbons (Fsp3) is 0.167. The van der Waals surface area contributed by atoms with Crippen molar-refractivity contribution in [3.05, 3.63) is 63.2 Å². The summed E-state index contributed by atoms with van der Waals surface area (Å²) in [7, 11) is 0. The number of phenolic OH excluding ortho intramolecular Hbond substituents is 1. The third-order valence-electron chi connectivity index (χ3n) is 3.69. The van der Waals surface area contributed by atoms with Crippen LogP contribution in [0.15, 0.2) is 36.4 Å². The van der Waals surface area contributed by atoms with Gasteiger partial charge in [0.15, 0.2) is 6.10 Å². The Morgan fingerprint density at radius 1 is 1.30 bits per heavy atom.